The summed E-state index contributed by atoms with van der Waals surface area (Å²) in [5.74, 6) is 0.994. The number of anilines is 1. The fourth-order valence-electron chi connectivity index (χ4n) is 2.57. The molecular weight excluding hydrogens is 316 g/mol. The second-order valence-corrected chi connectivity index (χ2v) is 6.37. The first-order valence-electron chi connectivity index (χ1n) is 7.29. The van der Waals surface area contributed by atoms with Crippen molar-refractivity contribution >= 4 is 33.5 Å². The maximum atomic E-state index is 12.1. The van der Waals surface area contributed by atoms with Gasteiger partial charge in [0.25, 0.3) is 0 Å². The number of carbonyl (C=O) groups excluding carboxylic acids is 1. The molecule has 1 aliphatic carbocycles. The van der Waals surface area contributed by atoms with Crippen molar-refractivity contribution in [3.05, 3.63) is 29.6 Å². The Balaban J connectivity index is 1.34. The molecule has 1 aliphatic rings. The Hall–Kier alpha value is -2.48. The van der Waals surface area contributed by atoms with Gasteiger partial charge in [0.05, 0.1) is 10.2 Å². The highest BCUT2D eigenvalue weighted by Crippen LogP contribution is 2.35. The van der Waals surface area contributed by atoms with Gasteiger partial charge in [-0.15, -0.1) is 16.4 Å². The summed E-state index contributed by atoms with van der Waals surface area (Å²) in [4.78, 5) is 16.4. The smallest absolute Gasteiger partial charge is 0.322 e. The fraction of sp³-hybridized carbons (Fsp3) is 0.333. The van der Waals surface area contributed by atoms with Crippen molar-refractivity contribution in [1.82, 2.24) is 15.2 Å². The van der Waals surface area contributed by atoms with Gasteiger partial charge in [0.15, 0.2) is 0 Å². The minimum atomic E-state index is -0.111. The number of hydrogen-bond donors (Lipinski definition) is 1. The number of carbonyl (C=O) groups is 1. The number of ether oxygens (including phenoxy) is 1. The van der Waals surface area contributed by atoms with Gasteiger partial charge in [-0.25, -0.2) is 4.98 Å². The highest BCUT2D eigenvalue weighted by molar-refractivity contribution is 7.16. The Morgan fingerprint density at radius 3 is 3.04 bits per heavy atom. The highest BCUT2D eigenvalue weighted by atomic mass is 32.1. The van der Waals surface area contributed by atoms with Crippen LogP contribution in [0.2, 0.25) is 0 Å². The molecule has 1 N–H and O–H groups in total. The van der Waals surface area contributed by atoms with Gasteiger partial charge in [0.1, 0.15) is 17.4 Å². The Morgan fingerprint density at radius 2 is 2.26 bits per heavy atom. The van der Waals surface area contributed by atoms with E-state index in [0.717, 1.165) is 16.0 Å². The molecule has 8 heteroatoms. The third kappa shape index (κ3) is 2.77. The van der Waals surface area contributed by atoms with Gasteiger partial charge < -0.3 is 9.15 Å². The van der Waals surface area contributed by atoms with E-state index in [-0.39, 0.29) is 23.9 Å². The van der Waals surface area contributed by atoms with Crippen molar-refractivity contribution in [1.29, 1.82) is 0 Å². The highest BCUT2D eigenvalue weighted by Gasteiger charge is 2.37. The summed E-state index contributed by atoms with van der Waals surface area (Å²) in [6.07, 6.45) is 1.36. The average molecular weight is 330 g/mol. The molecule has 0 aliphatic heterocycles. The van der Waals surface area contributed by atoms with Crippen molar-refractivity contribution in [2.24, 2.45) is 5.92 Å². The molecule has 7 nitrogen and oxygen atoms in total. The van der Waals surface area contributed by atoms with Crippen molar-refractivity contribution in [2.45, 2.75) is 25.9 Å². The monoisotopic (exact) mass is 330 g/mol. The maximum Gasteiger partial charge on any atom is 0.322 e. The van der Waals surface area contributed by atoms with Crippen LogP contribution < -0.4 is 10.1 Å². The molecule has 2 heterocycles. The number of aromatic nitrogens is 3. The van der Waals surface area contributed by atoms with Crippen LogP contribution in [0.1, 0.15) is 18.7 Å². The predicted octanol–water partition coefficient (Wildman–Crippen LogP) is 2.78. The van der Waals surface area contributed by atoms with E-state index < -0.39 is 0 Å². The third-order valence-electron chi connectivity index (χ3n) is 3.84. The number of thiazole rings is 1. The lowest BCUT2D eigenvalue weighted by molar-refractivity contribution is -0.125. The second-order valence-electron chi connectivity index (χ2n) is 5.48. The van der Waals surface area contributed by atoms with E-state index in [1.54, 1.807) is 23.8 Å². The quantitative estimate of drug-likeness (QED) is 0.791. The Labute approximate surface area is 135 Å². The Kier molecular flexibility index (Phi) is 3.45. The molecule has 0 unspecified atom stereocenters. The topological polar surface area (TPSA) is 90.1 Å². The SMILES string of the molecule is Cc1nnc(NC(=O)C2CC(Oc3cccc4scnc34)C2)o1. The molecular formula is C15H14N4O3S. The van der Waals surface area contributed by atoms with Crippen LogP contribution in [-0.2, 0) is 4.79 Å². The zero-order valence-electron chi connectivity index (χ0n) is 12.4. The van der Waals surface area contributed by atoms with E-state index in [9.17, 15) is 4.79 Å². The fourth-order valence-corrected chi connectivity index (χ4v) is 3.26. The average Bonchev–Trinajstić information content (AvgIpc) is 3.11. The van der Waals surface area contributed by atoms with E-state index in [1.165, 1.54) is 0 Å². The van der Waals surface area contributed by atoms with Gasteiger partial charge in [-0.3, -0.25) is 10.1 Å². The number of nitrogens with zero attached hydrogens (tertiary/aromatic N) is 3. The molecule has 0 spiro atoms. The minimum Gasteiger partial charge on any atom is -0.488 e. The van der Waals surface area contributed by atoms with Gasteiger partial charge in [-0.1, -0.05) is 11.2 Å². The van der Waals surface area contributed by atoms with Crippen LogP contribution in [0.4, 0.5) is 6.01 Å². The largest absolute Gasteiger partial charge is 0.488 e. The van der Waals surface area contributed by atoms with Gasteiger partial charge in [-0.05, 0) is 25.0 Å². The van der Waals surface area contributed by atoms with Gasteiger partial charge in [-0.2, -0.15) is 0 Å². The molecule has 3 aromatic rings. The number of benzene rings is 1. The van der Waals surface area contributed by atoms with Crippen LogP contribution in [0, 0.1) is 12.8 Å². The molecule has 0 radical (unpaired) electrons. The normalized spacial score (nSPS) is 20.2. The lowest BCUT2D eigenvalue weighted by Gasteiger charge is -2.33. The molecule has 1 fully saturated rings. The molecule has 1 aromatic carbocycles. The number of rotatable bonds is 4. The van der Waals surface area contributed by atoms with Crippen LogP contribution >= 0.6 is 11.3 Å². The van der Waals surface area contributed by atoms with Crippen LogP contribution in [0.3, 0.4) is 0 Å². The lowest BCUT2D eigenvalue weighted by atomic mass is 9.81. The number of nitrogens with one attached hydrogen (secondary N) is 1. The number of fused-ring (bicyclic) bond motifs is 1. The van der Waals surface area contributed by atoms with Crippen LogP contribution in [0.15, 0.2) is 28.1 Å². The van der Waals surface area contributed by atoms with E-state index >= 15 is 0 Å². The van der Waals surface area contributed by atoms with E-state index in [4.69, 9.17) is 9.15 Å². The summed E-state index contributed by atoms with van der Waals surface area (Å²) < 4.78 is 12.2. The summed E-state index contributed by atoms with van der Waals surface area (Å²) in [5, 5.41) is 10.1. The van der Waals surface area contributed by atoms with Gasteiger partial charge in [0.2, 0.25) is 11.8 Å². The molecule has 2 aromatic heterocycles. The standard InChI is InChI=1S/C15H14N4O3S/c1-8-18-19-15(21-8)17-14(20)9-5-10(6-9)22-11-3-2-4-12-13(11)16-7-23-12/h2-4,7,9-10H,5-6H2,1H3,(H,17,19,20). The Morgan fingerprint density at radius 1 is 1.39 bits per heavy atom. The number of amides is 1. The molecule has 23 heavy (non-hydrogen) atoms. The summed E-state index contributed by atoms with van der Waals surface area (Å²) in [6, 6.07) is 6.03. The van der Waals surface area contributed by atoms with Crippen molar-refractivity contribution in [3.8, 4) is 5.75 Å². The van der Waals surface area contributed by atoms with E-state index in [0.29, 0.717) is 18.7 Å². The van der Waals surface area contributed by atoms with Crippen LogP contribution in [0.25, 0.3) is 10.2 Å². The van der Waals surface area contributed by atoms with Gasteiger partial charge in [0, 0.05) is 12.8 Å². The summed E-state index contributed by atoms with van der Waals surface area (Å²) in [6.45, 7) is 1.68. The maximum absolute atomic E-state index is 12.1. The van der Waals surface area contributed by atoms with Crippen molar-refractivity contribution in [2.75, 3.05) is 5.32 Å². The number of aryl methyl sites for hydroxylation is 1. The molecule has 1 saturated carbocycles. The zero-order chi connectivity index (χ0) is 15.8. The minimum absolute atomic E-state index is 0.0301. The molecule has 0 atom stereocenters. The Bertz CT molecular complexity index is 853. The molecule has 0 saturated heterocycles. The lowest BCUT2D eigenvalue weighted by Crippen LogP contribution is -2.40. The van der Waals surface area contributed by atoms with E-state index in [1.807, 2.05) is 18.2 Å². The van der Waals surface area contributed by atoms with Gasteiger partial charge >= 0.3 is 6.01 Å². The summed E-state index contributed by atoms with van der Waals surface area (Å²) in [5.41, 5.74) is 2.69. The van der Waals surface area contributed by atoms with E-state index in [2.05, 4.69) is 20.5 Å². The second kappa shape index (κ2) is 5.62. The first kappa shape index (κ1) is 14.1. The first-order valence-corrected chi connectivity index (χ1v) is 8.17. The molecule has 118 valence electrons. The summed E-state index contributed by atoms with van der Waals surface area (Å²) >= 11 is 1.58. The number of para-hydroxylation sites is 1. The molecule has 0 bridgehead atoms. The van der Waals surface area contributed by atoms with Crippen LogP contribution in [0.5, 0.6) is 5.75 Å². The van der Waals surface area contributed by atoms with Crippen molar-refractivity contribution in [3.63, 3.8) is 0 Å². The van der Waals surface area contributed by atoms with Crippen LogP contribution in [-0.4, -0.2) is 27.2 Å². The first-order chi connectivity index (χ1) is 11.2. The molecule has 4 rings (SSSR count). The zero-order valence-corrected chi connectivity index (χ0v) is 13.2. The third-order valence-corrected chi connectivity index (χ3v) is 4.63. The number of hydrogen-bond acceptors (Lipinski definition) is 7. The molecule has 1 amide bonds. The van der Waals surface area contributed by atoms with Crippen molar-refractivity contribution < 1.29 is 13.9 Å². The predicted molar refractivity (Wildman–Crippen MR) is 84.4 cm³/mol. The summed E-state index contributed by atoms with van der Waals surface area (Å²) in [7, 11) is 0.